The normalized spacial score (nSPS) is 38.1. The van der Waals surface area contributed by atoms with E-state index in [2.05, 4.69) is 37.7 Å². The van der Waals surface area contributed by atoms with Crippen molar-refractivity contribution in [2.45, 2.75) is 57.7 Å². The fraction of sp³-hybridized carbons (Fsp3) is 1.00. The van der Waals surface area contributed by atoms with E-state index in [9.17, 15) is 0 Å². The molecule has 2 rings (SSSR count). The van der Waals surface area contributed by atoms with Gasteiger partial charge in [-0.1, -0.05) is 13.8 Å². The Morgan fingerprint density at radius 2 is 2.06 bits per heavy atom. The Kier molecular flexibility index (Phi) is 3.81. The van der Waals surface area contributed by atoms with Crippen LogP contribution in [0.25, 0.3) is 0 Å². The van der Waals surface area contributed by atoms with Gasteiger partial charge in [0.25, 0.3) is 0 Å². The fourth-order valence-corrected chi connectivity index (χ4v) is 3.56. The summed E-state index contributed by atoms with van der Waals surface area (Å²) in [7, 11) is 4.52. The highest BCUT2D eigenvalue weighted by Gasteiger charge is 2.41. The SMILES string of the molecule is CN1CCCC1CN(C)C1CCC(C)(C)C1N. The van der Waals surface area contributed by atoms with Crippen LogP contribution in [0.15, 0.2) is 0 Å². The van der Waals surface area contributed by atoms with Gasteiger partial charge in [0, 0.05) is 24.7 Å². The lowest BCUT2D eigenvalue weighted by molar-refractivity contribution is 0.154. The summed E-state index contributed by atoms with van der Waals surface area (Å²) in [6, 6.07) is 1.66. The zero-order valence-corrected chi connectivity index (χ0v) is 11.9. The zero-order valence-electron chi connectivity index (χ0n) is 11.9. The second-order valence-corrected chi connectivity index (χ2v) is 6.84. The summed E-state index contributed by atoms with van der Waals surface area (Å²) in [6.07, 6.45) is 5.24. The average Bonchev–Trinajstić information content (AvgIpc) is 2.74. The molecule has 2 fully saturated rings. The van der Waals surface area contributed by atoms with Crippen LogP contribution in [0.1, 0.15) is 39.5 Å². The van der Waals surface area contributed by atoms with Crippen molar-refractivity contribution in [2.24, 2.45) is 11.1 Å². The molecule has 0 bridgehead atoms. The van der Waals surface area contributed by atoms with E-state index in [4.69, 9.17) is 5.73 Å². The molecule has 2 N–H and O–H groups in total. The van der Waals surface area contributed by atoms with Crippen molar-refractivity contribution in [3.63, 3.8) is 0 Å². The van der Waals surface area contributed by atoms with Gasteiger partial charge in [-0.3, -0.25) is 0 Å². The van der Waals surface area contributed by atoms with Gasteiger partial charge in [-0.25, -0.2) is 0 Å². The molecular weight excluding hydrogens is 210 g/mol. The van der Waals surface area contributed by atoms with E-state index in [1.807, 2.05) is 0 Å². The van der Waals surface area contributed by atoms with Gasteiger partial charge in [0.15, 0.2) is 0 Å². The van der Waals surface area contributed by atoms with Crippen molar-refractivity contribution in [3.8, 4) is 0 Å². The number of likely N-dealkylation sites (tertiary alicyclic amines) is 1. The number of nitrogens with two attached hydrogens (primary N) is 1. The molecule has 3 atom stereocenters. The van der Waals surface area contributed by atoms with Crippen molar-refractivity contribution in [1.29, 1.82) is 0 Å². The van der Waals surface area contributed by atoms with Gasteiger partial charge < -0.3 is 15.5 Å². The standard InChI is InChI=1S/C14H29N3/c1-14(2)8-7-12(13(14)15)17(4)10-11-6-5-9-16(11)3/h11-13H,5-10,15H2,1-4H3. The summed E-state index contributed by atoms with van der Waals surface area (Å²) >= 11 is 0. The average molecular weight is 239 g/mol. The molecule has 0 aromatic heterocycles. The van der Waals surface area contributed by atoms with Gasteiger partial charge in [-0.2, -0.15) is 0 Å². The van der Waals surface area contributed by atoms with Crippen molar-refractivity contribution >= 4 is 0 Å². The molecule has 0 radical (unpaired) electrons. The van der Waals surface area contributed by atoms with Gasteiger partial charge in [0.2, 0.25) is 0 Å². The predicted molar refractivity (Wildman–Crippen MR) is 73.1 cm³/mol. The third-order valence-corrected chi connectivity index (χ3v) is 5.14. The molecule has 1 aliphatic heterocycles. The monoisotopic (exact) mass is 239 g/mol. The Morgan fingerprint density at radius 1 is 1.35 bits per heavy atom. The first kappa shape index (κ1) is 13.3. The van der Waals surface area contributed by atoms with E-state index in [-0.39, 0.29) is 0 Å². The molecule has 100 valence electrons. The van der Waals surface area contributed by atoms with Crippen LogP contribution in [0.2, 0.25) is 0 Å². The van der Waals surface area contributed by atoms with E-state index in [1.165, 1.54) is 38.8 Å². The van der Waals surface area contributed by atoms with Crippen LogP contribution in [0.3, 0.4) is 0 Å². The first-order valence-electron chi connectivity index (χ1n) is 7.08. The van der Waals surface area contributed by atoms with Crippen LogP contribution in [-0.2, 0) is 0 Å². The van der Waals surface area contributed by atoms with Crippen LogP contribution in [0.5, 0.6) is 0 Å². The molecule has 0 aromatic rings. The van der Waals surface area contributed by atoms with Crippen molar-refractivity contribution < 1.29 is 0 Å². The lowest BCUT2D eigenvalue weighted by atomic mass is 9.87. The lowest BCUT2D eigenvalue weighted by Crippen LogP contribution is -2.50. The van der Waals surface area contributed by atoms with Crippen LogP contribution in [0, 0.1) is 5.41 Å². The molecule has 2 aliphatic rings. The maximum Gasteiger partial charge on any atom is 0.0250 e. The largest absolute Gasteiger partial charge is 0.326 e. The van der Waals surface area contributed by atoms with Crippen LogP contribution < -0.4 is 5.73 Å². The van der Waals surface area contributed by atoms with Crippen molar-refractivity contribution in [3.05, 3.63) is 0 Å². The summed E-state index contributed by atoms with van der Waals surface area (Å²) in [5.74, 6) is 0. The van der Waals surface area contributed by atoms with Crippen LogP contribution in [0.4, 0.5) is 0 Å². The third kappa shape index (κ3) is 2.67. The quantitative estimate of drug-likeness (QED) is 0.810. The molecule has 0 spiro atoms. The highest BCUT2D eigenvalue weighted by molar-refractivity contribution is 4.99. The Hall–Kier alpha value is -0.120. The highest BCUT2D eigenvalue weighted by Crippen LogP contribution is 2.38. The summed E-state index contributed by atoms with van der Waals surface area (Å²) in [4.78, 5) is 5.02. The molecule has 1 saturated heterocycles. The minimum Gasteiger partial charge on any atom is -0.326 e. The second kappa shape index (κ2) is 4.87. The van der Waals surface area contributed by atoms with E-state index in [1.54, 1.807) is 0 Å². The highest BCUT2D eigenvalue weighted by atomic mass is 15.2. The Labute approximate surface area is 106 Å². The Morgan fingerprint density at radius 3 is 2.53 bits per heavy atom. The molecule has 1 aliphatic carbocycles. The summed E-state index contributed by atoms with van der Waals surface area (Å²) in [5.41, 5.74) is 6.73. The van der Waals surface area contributed by atoms with Crippen molar-refractivity contribution in [1.82, 2.24) is 9.80 Å². The first-order chi connectivity index (χ1) is 7.92. The molecule has 17 heavy (non-hydrogen) atoms. The number of rotatable bonds is 3. The smallest absolute Gasteiger partial charge is 0.0250 e. The van der Waals surface area contributed by atoms with Gasteiger partial charge in [-0.05, 0) is 51.7 Å². The fourth-order valence-electron chi connectivity index (χ4n) is 3.56. The third-order valence-electron chi connectivity index (χ3n) is 5.14. The number of likely N-dealkylation sites (N-methyl/N-ethyl adjacent to an activating group) is 2. The number of nitrogens with zero attached hydrogens (tertiary/aromatic N) is 2. The molecule has 3 nitrogen and oxygen atoms in total. The summed E-state index contributed by atoms with van der Waals surface area (Å²) in [6.45, 7) is 7.08. The van der Waals surface area contributed by atoms with Crippen LogP contribution in [-0.4, -0.2) is 55.1 Å². The molecule has 0 aromatic carbocycles. The molecule has 3 unspecified atom stereocenters. The molecule has 1 heterocycles. The first-order valence-corrected chi connectivity index (χ1v) is 7.08. The maximum absolute atomic E-state index is 6.41. The predicted octanol–water partition coefficient (Wildman–Crippen LogP) is 1.53. The lowest BCUT2D eigenvalue weighted by Gasteiger charge is -2.35. The van der Waals surface area contributed by atoms with E-state index in [0.717, 1.165) is 6.04 Å². The number of hydrogen-bond donors (Lipinski definition) is 1. The second-order valence-electron chi connectivity index (χ2n) is 6.84. The van der Waals surface area contributed by atoms with E-state index in [0.29, 0.717) is 17.5 Å². The topological polar surface area (TPSA) is 32.5 Å². The Bertz CT molecular complexity index is 264. The van der Waals surface area contributed by atoms with Gasteiger partial charge >= 0.3 is 0 Å². The molecule has 0 amide bonds. The van der Waals surface area contributed by atoms with E-state index >= 15 is 0 Å². The maximum atomic E-state index is 6.41. The number of hydrogen-bond acceptors (Lipinski definition) is 3. The minimum absolute atomic E-state index is 0.320. The minimum atomic E-state index is 0.320. The molecular formula is C14H29N3. The van der Waals surface area contributed by atoms with Gasteiger partial charge in [0.05, 0.1) is 0 Å². The van der Waals surface area contributed by atoms with Gasteiger partial charge in [0.1, 0.15) is 0 Å². The van der Waals surface area contributed by atoms with Crippen molar-refractivity contribution in [2.75, 3.05) is 27.2 Å². The van der Waals surface area contributed by atoms with Gasteiger partial charge in [-0.15, -0.1) is 0 Å². The Balaban J connectivity index is 1.90. The van der Waals surface area contributed by atoms with E-state index < -0.39 is 0 Å². The van der Waals surface area contributed by atoms with Crippen LogP contribution >= 0.6 is 0 Å². The zero-order chi connectivity index (χ0) is 12.6. The molecule has 3 heteroatoms. The summed E-state index contributed by atoms with van der Waals surface area (Å²) in [5, 5.41) is 0. The summed E-state index contributed by atoms with van der Waals surface area (Å²) < 4.78 is 0. The molecule has 1 saturated carbocycles.